The van der Waals surface area contributed by atoms with E-state index >= 15 is 0 Å². The van der Waals surface area contributed by atoms with Gasteiger partial charge in [-0.15, -0.1) is 5.10 Å². The zero-order valence-electron chi connectivity index (χ0n) is 49.3. The van der Waals surface area contributed by atoms with E-state index in [1.807, 2.05) is 58.1 Å². The number of cyclic esters (lactones) is 1. The highest BCUT2D eigenvalue weighted by atomic mass is 28.4. The van der Waals surface area contributed by atoms with Crippen molar-refractivity contribution in [2.24, 2.45) is 11.8 Å². The van der Waals surface area contributed by atoms with Gasteiger partial charge in [-0.1, -0.05) is 57.2 Å². The molecular formula is C56H97N5O16Si. The lowest BCUT2D eigenvalue weighted by Crippen LogP contribution is -2.65. The minimum Gasteiger partial charge on any atom is -0.462 e. The molecule has 5 aliphatic heterocycles. The number of hydrogen-bond acceptors (Lipinski definition) is 20. The summed E-state index contributed by atoms with van der Waals surface area (Å²) in [7, 11) is 4.72. The summed E-state index contributed by atoms with van der Waals surface area (Å²) in [5.74, 6) is -1.42. The lowest BCUT2D eigenvalue weighted by atomic mass is 9.82. The number of esters is 2. The molecule has 1 aromatic heterocycles. The molecule has 4 N–H and O–H groups in total. The molecule has 6 heterocycles. The fourth-order valence-corrected chi connectivity index (χ4v) is 12.5. The molecule has 22 heteroatoms. The highest BCUT2D eigenvalue weighted by molar-refractivity contribution is 6.74. The van der Waals surface area contributed by atoms with Gasteiger partial charge in [-0.2, -0.15) is 0 Å². The molecule has 2 bridgehead atoms. The van der Waals surface area contributed by atoms with E-state index in [1.54, 1.807) is 31.8 Å². The van der Waals surface area contributed by atoms with E-state index in [0.717, 1.165) is 12.8 Å². The maximum atomic E-state index is 13.9. The number of aliphatic hydroxyl groups is 3. The lowest BCUT2D eigenvalue weighted by molar-refractivity contribution is -0.343. The molecule has 4 saturated heterocycles. The highest BCUT2D eigenvalue weighted by Gasteiger charge is 2.54. The minimum absolute atomic E-state index is 0.0423. The van der Waals surface area contributed by atoms with Crippen molar-refractivity contribution in [1.29, 1.82) is 0 Å². The van der Waals surface area contributed by atoms with Crippen LogP contribution in [0.15, 0.2) is 30.5 Å². The number of likely N-dealkylation sites (N-methyl/N-ethyl adjacent to an activating group) is 2. The summed E-state index contributed by atoms with van der Waals surface area (Å²) >= 11 is 0. The first-order valence-corrected chi connectivity index (χ1v) is 31.4. The average Bonchev–Trinajstić information content (AvgIpc) is 3.82. The number of nitrogens with one attached hydrogen (secondary N) is 1. The van der Waals surface area contributed by atoms with Gasteiger partial charge < -0.3 is 77.3 Å². The Labute approximate surface area is 464 Å². The van der Waals surface area contributed by atoms with E-state index in [-0.39, 0.29) is 61.0 Å². The standard InChI is InChI=1S/C56H97N5O16Si/c1-33-28-38-29-46(77-78(14,15)55(6,7)8)73-42(30-44(64)68-34(2)20-17-16-18-22-41(33)72-45-25-24-40(57-10)35(3)69-45)52(67-13)51(38)76-54-49(65)48(60(11)12)50(36(4)71-54)75-47-31-56(9,66)53(37(5)70-47)74-43(63)23-19-21-39-32-61(26-27-62)59-58-39/h16-18,22,32-38,40-42,45-54,57,62,65-66H,19-21,23-31H2,1-15H3/b17-16-,22-18-/t33-,34-,35-,36-,37+,38-,40+,41+,42-,45+,46?,47+,48-,49-,50-,51+,52+,53+,54+,56-/m1/s1. The van der Waals surface area contributed by atoms with Crippen molar-refractivity contribution in [3.63, 3.8) is 0 Å². The Kier molecular flexibility index (Phi) is 23.5. The van der Waals surface area contributed by atoms with Crippen LogP contribution in [0.3, 0.4) is 0 Å². The van der Waals surface area contributed by atoms with E-state index in [4.69, 9.17) is 51.8 Å². The molecule has 0 spiro atoms. The van der Waals surface area contributed by atoms with E-state index in [2.05, 4.69) is 69.4 Å². The van der Waals surface area contributed by atoms with Crippen LogP contribution in [0.1, 0.15) is 126 Å². The Bertz CT molecular complexity index is 2090. The van der Waals surface area contributed by atoms with Crippen LogP contribution in [-0.4, -0.2) is 200 Å². The number of methoxy groups -OCH3 is 1. The van der Waals surface area contributed by atoms with E-state index in [0.29, 0.717) is 44.3 Å². The van der Waals surface area contributed by atoms with Crippen molar-refractivity contribution >= 4 is 20.3 Å². The number of allylic oxidation sites excluding steroid dienone is 2. The van der Waals surface area contributed by atoms with Gasteiger partial charge in [0, 0.05) is 45.0 Å². The highest BCUT2D eigenvalue weighted by Crippen LogP contribution is 2.43. The van der Waals surface area contributed by atoms with Crippen molar-refractivity contribution in [1.82, 2.24) is 25.2 Å². The number of carbonyl (C=O) groups excluding carboxylic acids is 2. The summed E-state index contributed by atoms with van der Waals surface area (Å²) in [6, 6.07) is -0.495. The third-order valence-electron chi connectivity index (χ3n) is 16.7. The zero-order chi connectivity index (χ0) is 57.3. The lowest BCUT2D eigenvalue weighted by Gasteiger charge is -2.50. The van der Waals surface area contributed by atoms with Crippen molar-refractivity contribution in [3.8, 4) is 0 Å². The minimum atomic E-state index is -2.49. The molecule has 1 unspecified atom stereocenters. The molecule has 1 aromatic rings. The van der Waals surface area contributed by atoms with Gasteiger partial charge in [0.15, 0.2) is 33.3 Å². The maximum Gasteiger partial charge on any atom is 0.308 e. The first kappa shape index (κ1) is 64.4. The summed E-state index contributed by atoms with van der Waals surface area (Å²) < 4.78 is 74.2. The van der Waals surface area contributed by atoms with Gasteiger partial charge in [-0.25, -0.2) is 4.68 Å². The molecular weight excluding hydrogens is 1030 g/mol. The van der Waals surface area contributed by atoms with Crippen LogP contribution in [0.25, 0.3) is 0 Å². The molecule has 21 nitrogen and oxygen atoms in total. The second-order valence-electron chi connectivity index (χ2n) is 24.4. The van der Waals surface area contributed by atoms with Crippen LogP contribution in [0.2, 0.25) is 18.1 Å². The third kappa shape index (κ3) is 17.1. The Morgan fingerprint density at radius 3 is 2.33 bits per heavy atom. The van der Waals surface area contributed by atoms with Crippen LogP contribution in [0.4, 0.5) is 0 Å². The normalized spacial score (nSPS) is 39.6. The van der Waals surface area contributed by atoms with Crippen molar-refractivity contribution in [3.05, 3.63) is 36.2 Å². The Morgan fingerprint density at radius 1 is 0.949 bits per heavy atom. The summed E-state index contributed by atoms with van der Waals surface area (Å²) in [5.41, 5.74) is -0.846. The second-order valence-corrected chi connectivity index (χ2v) is 29.2. The van der Waals surface area contributed by atoms with E-state index < -0.39 is 112 Å². The summed E-state index contributed by atoms with van der Waals surface area (Å²) in [5, 5.41) is 44.9. The molecule has 20 atom stereocenters. The number of aryl methyl sites for hydroxylation is 1. The van der Waals surface area contributed by atoms with Crippen LogP contribution >= 0.6 is 0 Å². The second kappa shape index (κ2) is 28.5. The first-order chi connectivity index (χ1) is 36.7. The van der Waals surface area contributed by atoms with E-state index in [1.165, 1.54) is 0 Å². The number of rotatable bonds is 18. The Balaban J connectivity index is 1.25. The van der Waals surface area contributed by atoms with Crippen molar-refractivity contribution in [2.75, 3.05) is 34.9 Å². The molecule has 5 aliphatic rings. The van der Waals surface area contributed by atoms with Gasteiger partial charge in [0.05, 0.1) is 67.9 Å². The molecule has 78 heavy (non-hydrogen) atoms. The molecule has 0 amide bonds. The molecule has 0 radical (unpaired) electrons. The fraction of sp³-hybridized carbons (Fsp3) is 0.857. The number of ether oxygens (including phenoxy) is 10. The van der Waals surface area contributed by atoms with Crippen LogP contribution in [0.5, 0.6) is 0 Å². The van der Waals surface area contributed by atoms with Gasteiger partial charge in [-0.3, -0.25) is 9.59 Å². The molecule has 0 aliphatic carbocycles. The van der Waals surface area contributed by atoms with Gasteiger partial charge in [0.1, 0.15) is 36.3 Å². The summed E-state index contributed by atoms with van der Waals surface area (Å²) in [6.45, 7) is 22.4. The summed E-state index contributed by atoms with van der Waals surface area (Å²) in [6.07, 6.45) is 2.24. The SMILES string of the molecule is CN[C@H]1CC[C@H](O[C@H]2/C=C\C=C/C[C@@H](C)OC(=O)C[C@H]3OC(O[Si](C)(C)C(C)(C)C)C[C@@H](C[C@H]2C)[C@H](O[C@@H]2O[C@H](C)[C@@H](O[C@H]4C[C@@](C)(O)[C@@H](OC(=O)CCCc5cn(CCO)nn5)[C@H](C)O4)[C@H](N(C)C)[C@H]2O)[C@H]3OC)O[C@@H]1C. The van der Waals surface area contributed by atoms with Gasteiger partial charge in [0.2, 0.25) is 0 Å². The maximum absolute atomic E-state index is 13.9. The number of hydrogen-bond donors (Lipinski definition) is 4. The summed E-state index contributed by atoms with van der Waals surface area (Å²) in [4.78, 5) is 28.9. The monoisotopic (exact) mass is 1120 g/mol. The topological polar surface area (TPSA) is 242 Å². The fourth-order valence-electron chi connectivity index (χ4n) is 11.4. The molecule has 4 fully saturated rings. The van der Waals surface area contributed by atoms with Crippen LogP contribution in [-0.2, 0) is 74.3 Å². The number of aliphatic hydroxyl groups excluding tert-OH is 2. The number of nitrogens with zero attached hydrogens (tertiary/aromatic N) is 4. The number of aromatic nitrogens is 3. The molecule has 0 saturated carbocycles. The van der Waals surface area contributed by atoms with Crippen LogP contribution in [0, 0.1) is 11.8 Å². The van der Waals surface area contributed by atoms with Gasteiger partial charge in [-0.05, 0) is 118 Å². The number of carbonyl (C=O) groups is 2. The zero-order valence-corrected chi connectivity index (χ0v) is 50.3. The predicted octanol–water partition coefficient (Wildman–Crippen LogP) is 5.33. The quantitative estimate of drug-likeness (QED) is 0.107. The predicted molar refractivity (Wildman–Crippen MR) is 291 cm³/mol. The van der Waals surface area contributed by atoms with Crippen molar-refractivity contribution < 1.29 is 76.7 Å². The Hall–Kier alpha value is -2.78. The molecule has 0 aromatic carbocycles. The first-order valence-electron chi connectivity index (χ1n) is 28.5. The largest absolute Gasteiger partial charge is 0.462 e. The van der Waals surface area contributed by atoms with Crippen molar-refractivity contribution in [2.45, 2.75) is 261 Å². The van der Waals surface area contributed by atoms with E-state index in [9.17, 15) is 24.9 Å². The average molecular weight is 1120 g/mol. The smallest absolute Gasteiger partial charge is 0.308 e. The number of fused-ring (bicyclic) bond motifs is 3. The van der Waals surface area contributed by atoms with Gasteiger partial charge >= 0.3 is 11.9 Å². The third-order valence-corrected chi connectivity index (χ3v) is 21.2. The van der Waals surface area contributed by atoms with Gasteiger partial charge in [0.25, 0.3) is 0 Å². The molecule has 6 rings (SSSR count). The Morgan fingerprint density at radius 2 is 1.68 bits per heavy atom. The van der Waals surface area contributed by atoms with Crippen LogP contribution < -0.4 is 5.32 Å². The molecule has 446 valence electrons.